The molecule has 1 N–H and O–H groups in total. The number of halogens is 2. The van der Waals surface area contributed by atoms with Gasteiger partial charge >= 0.3 is 0 Å². The van der Waals surface area contributed by atoms with E-state index in [4.69, 9.17) is 4.74 Å². The zero-order valence-electron chi connectivity index (χ0n) is 11.0. The summed E-state index contributed by atoms with van der Waals surface area (Å²) in [6, 6.07) is 4.87. The minimum absolute atomic E-state index is 0.205. The van der Waals surface area contributed by atoms with Crippen LogP contribution in [0.1, 0.15) is 12.5 Å². The Balaban J connectivity index is 2.00. The van der Waals surface area contributed by atoms with E-state index in [2.05, 4.69) is 27.8 Å². The van der Waals surface area contributed by atoms with E-state index in [0.29, 0.717) is 17.5 Å². The molecule has 0 aromatic heterocycles. The lowest BCUT2D eigenvalue weighted by atomic mass is 10.0. The van der Waals surface area contributed by atoms with Crippen LogP contribution in [0.15, 0.2) is 22.7 Å². The van der Waals surface area contributed by atoms with Gasteiger partial charge in [-0.15, -0.1) is 0 Å². The first-order valence-electron chi connectivity index (χ1n) is 6.56. The fraction of sp³-hybridized carbons (Fsp3) is 0.571. The number of morpholine rings is 1. The minimum atomic E-state index is -0.618. The molecule has 1 aromatic rings. The summed E-state index contributed by atoms with van der Waals surface area (Å²) in [6.45, 7) is 5.32. The molecule has 1 saturated heterocycles. The van der Waals surface area contributed by atoms with Crippen molar-refractivity contribution in [3.8, 4) is 0 Å². The Morgan fingerprint density at radius 1 is 1.58 bits per heavy atom. The number of benzene rings is 1. The molecule has 1 aromatic carbocycles. The van der Waals surface area contributed by atoms with Crippen LogP contribution in [-0.2, 0) is 11.2 Å². The SMILES string of the molecule is CCN1CCOC(C(O)Cc2cccc(F)c2Br)C1. The van der Waals surface area contributed by atoms with Crippen LogP contribution in [0.5, 0.6) is 0 Å². The topological polar surface area (TPSA) is 32.7 Å². The van der Waals surface area contributed by atoms with E-state index in [9.17, 15) is 9.50 Å². The summed E-state index contributed by atoms with van der Waals surface area (Å²) in [5, 5.41) is 10.3. The lowest BCUT2D eigenvalue weighted by Crippen LogP contribution is -2.48. The van der Waals surface area contributed by atoms with E-state index in [1.54, 1.807) is 6.07 Å². The fourth-order valence-electron chi connectivity index (χ4n) is 2.31. The Kier molecular flexibility index (Phi) is 5.33. The molecule has 1 aliphatic rings. The van der Waals surface area contributed by atoms with Gasteiger partial charge in [0, 0.05) is 19.5 Å². The number of hydrogen-bond acceptors (Lipinski definition) is 3. The second-order valence-corrected chi connectivity index (χ2v) is 5.58. The molecular weight excluding hydrogens is 313 g/mol. The van der Waals surface area contributed by atoms with Gasteiger partial charge in [-0.2, -0.15) is 0 Å². The Morgan fingerprint density at radius 2 is 2.37 bits per heavy atom. The predicted octanol–water partition coefficient (Wildman–Crippen LogP) is 2.21. The first kappa shape index (κ1) is 14.9. The van der Waals surface area contributed by atoms with Crippen LogP contribution in [-0.4, -0.2) is 48.5 Å². The lowest BCUT2D eigenvalue weighted by Gasteiger charge is -2.34. The van der Waals surface area contributed by atoms with Gasteiger partial charge in [-0.05, 0) is 34.1 Å². The number of ether oxygens (including phenoxy) is 1. The van der Waals surface area contributed by atoms with Crippen molar-refractivity contribution in [3.63, 3.8) is 0 Å². The Bertz CT molecular complexity index is 430. The second-order valence-electron chi connectivity index (χ2n) is 4.79. The van der Waals surface area contributed by atoms with Crippen LogP contribution >= 0.6 is 15.9 Å². The third-order valence-electron chi connectivity index (χ3n) is 3.51. The zero-order chi connectivity index (χ0) is 13.8. The van der Waals surface area contributed by atoms with Gasteiger partial charge < -0.3 is 9.84 Å². The van der Waals surface area contributed by atoms with E-state index < -0.39 is 6.10 Å². The van der Waals surface area contributed by atoms with Crippen LogP contribution < -0.4 is 0 Å². The normalized spacial score (nSPS) is 22.4. The molecule has 5 heteroatoms. The summed E-state index contributed by atoms with van der Waals surface area (Å²) in [5.74, 6) is -0.301. The molecule has 0 amide bonds. The molecule has 2 unspecified atom stereocenters. The molecule has 2 atom stereocenters. The summed E-state index contributed by atoms with van der Waals surface area (Å²) in [4.78, 5) is 2.25. The summed E-state index contributed by atoms with van der Waals surface area (Å²) < 4.78 is 19.5. The van der Waals surface area contributed by atoms with E-state index in [-0.39, 0.29) is 11.9 Å². The van der Waals surface area contributed by atoms with E-state index >= 15 is 0 Å². The van der Waals surface area contributed by atoms with Crippen molar-refractivity contribution in [1.82, 2.24) is 4.90 Å². The fourth-order valence-corrected chi connectivity index (χ4v) is 2.74. The van der Waals surface area contributed by atoms with E-state index in [0.717, 1.165) is 25.2 Å². The lowest BCUT2D eigenvalue weighted by molar-refractivity contribution is -0.0868. The second kappa shape index (κ2) is 6.79. The predicted molar refractivity (Wildman–Crippen MR) is 75.7 cm³/mol. The van der Waals surface area contributed by atoms with Gasteiger partial charge in [-0.3, -0.25) is 4.90 Å². The maximum Gasteiger partial charge on any atom is 0.137 e. The highest BCUT2D eigenvalue weighted by Gasteiger charge is 2.26. The molecule has 1 heterocycles. The van der Waals surface area contributed by atoms with Gasteiger partial charge in [0.2, 0.25) is 0 Å². The Labute approximate surface area is 121 Å². The Morgan fingerprint density at radius 3 is 3.11 bits per heavy atom. The van der Waals surface area contributed by atoms with Crippen LogP contribution in [0, 0.1) is 5.82 Å². The maximum absolute atomic E-state index is 13.4. The van der Waals surface area contributed by atoms with Crippen LogP contribution in [0.4, 0.5) is 4.39 Å². The molecule has 1 aliphatic heterocycles. The largest absolute Gasteiger partial charge is 0.390 e. The highest BCUT2D eigenvalue weighted by molar-refractivity contribution is 9.10. The summed E-state index contributed by atoms with van der Waals surface area (Å²) in [7, 11) is 0. The number of rotatable bonds is 4. The summed E-state index contributed by atoms with van der Waals surface area (Å²) in [6.07, 6.45) is -0.433. The quantitative estimate of drug-likeness (QED) is 0.918. The third kappa shape index (κ3) is 3.75. The molecule has 0 aliphatic carbocycles. The number of hydrogen-bond donors (Lipinski definition) is 1. The highest BCUT2D eigenvalue weighted by Crippen LogP contribution is 2.23. The smallest absolute Gasteiger partial charge is 0.137 e. The van der Waals surface area contributed by atoms with Gasteiger partial charge in [0.1, 0.15) is 5.82 Å². The Hall–Kier alpha value is -0.490. The van der Waals surface area contributed by atoms with Crippen molar-refractivity contribution in [1.29, 1.82) is 0 Å². The molecule has 1 fully saturated rings. The van der Waals surface area contributed by atoms with Gasteiger partial charge in [0.05, 0.1) is 23.3 Å². The maximum atomic E-state index is 13.4. The van der Waals surface area contributed by atoms with Gasteiger partial charge in [0.15, 0.2) is 0 Å². The standard InChI is InChI=1S/C14H19BrFNO2/c1-2-17-6-7-19-13(9-17)12(18)8-10-4-3-5-11(16)14(10)15/h3-5,12-13,18H,2,6-9H2,1H3. The van der Waals surface area contributed by atoms with Crippen molar-refractivity contribution in [2.24, 2.45) is 0 Å². The van der Waals surface area contributed by atoms with Crippen molar-refractivity contribution < 1.29 is 14.2 Å². The third-order valence-corrected chi connectivity index (χ3v) is 4.40. The molecule has 0 bridgehead atoms. The number of aliphatic hydroxyl groups is 1. The average Bonchev–Trinajstić information content (AvgIpc) is 2.44. The van der Waals surface area contributed by atoms with E-state index in [1.807, 2.05) is 6.07 Å². The molecular formula is C14H19BrFNO2. The molecule has 0 radical (unpaired) electrons. The number of nitrogens with zero attached hydrogens (tertiary/aromatic N) is 1. The molecule has 19 heavy (non-hydrogen) atoms. The molecule has 3 nitrogen and oxygen atoms in total. The molecule has 0 saturated carbocycles. The van der Waals surface area contributed by atoms with Crippen LogP contribution in [0.3, 0.4) is 0 Å². The van der Waals surface area contributed by atoms with E-state index in [1.165, 1.54) is 6.07 Å². The van der Waals surface area contributed by atoms with Gasteiger partial charge in [0.25, 0.3) is 0 Å². The zero-order valence-corrected chi connectivity index (χ0v) is 12.6. The summed E-state index contributed by atoms with van der Waals surface area (Å²) in [5.41, 5.74) is 0.768. The van der Waals surface area contributed by atoms with Crippen molar-refractivity contribution in [2.75, 3.05) is 26.2 Å². The van der Waals surface area contributed by atoms with Crippen molar-refractivity contribution in [2.45, 2.75) is 25.6 Å². The molecule has 2 rings (SSSR count). The molecule has 0 spiro atoms. The van der Waals surface area contributed by atoms with Crippen molar-refractivity contribution in [3.05, 3.63) is 34.1 Å². The average molecular weight is 332 g/mol. The first-order chi connectivity index (χ1) is 9.11. The summed E-state index contributed by atoms with van der Waals surface area (Å²) >= 11 is 3.22. The minimum Gasteiger partial charge on any atom is -0.390 e. The number of likely N-dealkylation sites (N-methyl/N-ethyl adjacent to an activating group) is 1. The molecule has 106 valence electrons. The first-order valence-corrected chi connectivity index (χ1v) is 7.36. The highest BCUT2D eigenvalue weighted by atomic mass is 79.9. The van der Waals surface area contributed by atoms with Crippen LogP contribution in [0.2, 0.25) is 0 Å². The van der Waals surface area contributed by atoms with Gasteiger partial charge in [-0.25, -0.2) is 4.39 Å². The number of aliphatic hydroxyl groups excluding tert-OH is 1. The van der Waals surface area contributed by atoms with Crippen LogP contribution in [0.25, 0.3) is 0 Å². The van der Waals surface area contributed by atoms with Crippen molar-refractivity contribution >= 4 is 15.9 Å². The van der Waals surface area contributed by atoms with Gasteiger partial charge in [-0.1, -0.05) is 19.1 Å². The monoisotopic (exact) mass is 331 g/mol.